The molecular formula is C19H15F3S. The molecule has 0 unspecified atom stereocenters. The van der Waals surface area contributed by atoms with E-state index in [1.165, 1.54) is 23.3 Å². The van der Waals surface area contributed by atoms with Crippen molar-refractivity contribution in [2.45, 2.75) is 19.5 Å². The van der Waals surface area contributed by atoms with Crippen molar-refractivity contribution >= 4 is 11.3 Å². The second kappa shape index (κ2) is 6.20. The molecule has 1 aromatic heterocycles. The SMILES string of the molecule is Cc1ccccc1Cc1ccc(-c2cccc(C(F)(F)F)c2)s1. The third-order valence-corrected chi connectivity index (χ3v) is 4.90. The van der Waals surface area contributed by atoms with Gasteiger partial charge in [-0.15, -0.1) is 11.3 Å². The van der Waals surface area contributed by atoms with Crippen molar-refractivity contribution in [3.05, 3.63) is 82.2 Å². The normalized spacial score (nSPS) is 11.7. The molecule has 0 spiro atoms. The summed E-state index contributed by atoms with van der Waals surface area (Å²) in [5.74, 6) is 0. The van der Waals surface area contributed by atoms with E-state index < -0.39 is 11.7 Å². The van der Waals surface area contributed by atoms with Gasteiger partial charge in [0.1, 0.15) is 0 Å². The van der Waals surface area contributed by atoms with Crippen LogP contribution >= 0.6 is 11.3 Å². The van der Waals surface area contributed by atoms with Gasteiger partial charge in [-0.05, 0) is 47.9 Å². The van der Waals surface area contributed by atoms with Crippen LogP contribution in [0.5, 0.6) is 0 Å². The van der Waals surface area contributed by atoms with E-state index in [0.717, 1.165) is 22.2 Å². The topological polar surface area (TPSA) is 0 Å². The van der Waals surface area contributed by atoms with Crippen molar-refractivity contribution in [2.24, 2.45) is 0 Å². The van der Waals surface area contributed by atoms with Crippen LogP contribution in [0.15, 0.2) is 60.7 Å². The minimum atomic E-state index is -4.31. The van der Waals surface area contributed by atoms with Gasteiger partial charge in [-0.3, -0.25) is 0 Å². The van der Waals surface area contributed by atoms with E-state index in [2.05, 4.69) is 19.1 Å². The molecule has 0 saturated carbocycles. The maximum absolute atomic E-state index is 12.8. The molecular weight excluding hydrogens is 317 g/mol. The van der Waals surface area contributed by atoms with Crippen LogP contribution in [0.3, 0.4) is 0 Å². The zero-order valence-electron chi connectivity index (χ0n) is 12.5. The number of alkyl halides is 3. The molecule has 3 aromatic rings. The summed E-state index contributed by atoms with van der Waals surface area (Å²) < 4.78 is 38.5. The highest BCUT2D eigenvalue weighted by atomic mass is 32.1. The number of hydrogen-bond acceptors (Lipinski definition) is 1. The van der Waals surface area contributed by atoms with Crippen molar-refractivity contribution in [3.63, 3.8) is 0 Å². The Morgan fingerprint density at radius 1 is 0.913 bits per heavy atom. The fraction of sp³-hybridized carbons (Fsp3) is 0.158. The lowest BCUT2D eigenvalue weighted by Gasteiger charge is -2.07. The van der Waals surface area contributed by atoms with Crippen LogP contribution < -0.4 is 0 Å². The van der Waals surface area contributed by atoms with Crippen molar-refractivity contribution in [1.29, 1.82) is 0 Å². The molecule has 2 aromatic carbocycles. The van der Waals surface area contributed by atoms with E-state index in [0.29, 0.717) is 5.56 Å². The molecule has 4 heteroatoms. The number of aryl methyl sites for hydroxylation is 1. The molecule has 0 aliphatic carbocycles. The van der Waals surface area contributed by atoms with E-state index in [9.17, 15) is 13.2 Å². The van der Waals surface area contributed by atoms with Crippen LogP contribution in [-0.4, -0.2) is 0 Å². The van der Waals surface area contributed by atoms with E-state index >= 15 is 0 Å². The summed E-state index contributed by atoms with van der Waals surface area (Å²) in [7, 11) is 0. The molecule has 0 amide bonds. The monoisotopic (exact) mass is 332 g/mol. The van der Waals surface area contributed by atoms with Crippen molar-refractivity contribution in [1.82, 2.24) is 0 Å². The lowest BCUT2D eigenvalue weighted by molar-refractivity contribution is -0.137. The summed E-state index contributed by atoms with van der Waals surface area (Å²) in [5.41, 5.74) is 2.47. The van der Waals surface area contributed by atoms with Gasteiger partial charge in [0.2, 0.25) is 0 Å². The lowest BCUT2D eigenvalue weighted by atomic mass is 10.1. The molecule has 23 heavy (non-hydrogen) atoms. The summed E-state index contributed by atoms with van der Waals surface area (Å²) in [6.45, 7) is 2.07. The Balaban J connectivity index is 1.86. The molecule has 0 bridgehead atoms. The molecule has 3 rings (SSSR count). The van der Waals surface area contributed by atoms with Crippen LogP contribution in [-0.2, 0) is 12.6 Å². The Labute approximate surface area is 137 Å². The van der Waals surface area contributed by atoms with Gasteiger partial charge in [0.25, 0.3) is 0 Å². The first kappa shape index (κ1) is 15.8. The van der Waals surface area contributed by atoms with Crippen LogP contribution in [0.2, 0.25) is 0 Å². The van der Waals surface area contributed by atoms with Gasteiger partial charge in [0.05, 0.1) is 5.56 Å². The number of halogens is 3. The van der Waals surface area contributed by atoms with Crippen LogP contribution in [0.1, 0.15) is 21.6 Å². The molecule has 0 atom stereocenters. The molecule has 0 N–H and O–H groups in total. The number of benzene rings is 2. The van der Waals surface area contributed by atoms with Gasteiger partial charge >= 0.3 is 6.18 Å². The zero-order chi connectivity index (χ0) is 16.4. The number of hydrogen-bond donors (Lipinski definition) is 0. The summed E-state index contributed by atoms with van der Waals surface area (Å²) in [6.07, 6.45) is -3.51. The fourth-order valence-electron chi connectivity index (χ4n) is 2.47. The van der Waals surface area contributed by atoms with Crippen LogP contribution in [0, 0.1) is 6.92 Å². The zero-order valence-corrected chi connectivity index (χ0v) is 13.3. The first-order valence-electron chi connectivity index (χ1n) is 7.24. The van der Waals surface area contributed by atoms with Crippen LogP contribution in [0.4, 0.5) is 13.2 Å². The van der Waals surface area contributed by atoms with Gasteiger partial charge in [-0.2, -0.15) is 13.2 Å². The van der Waals surface area contributed by atoms with E-state index in [1.54, 1.807) is 17.4 Å². The van der Waals surface area contributed by atoms with Crippen molar-refractivity contribution in [3.8, 4) is 10.4 Å². The Bertz CT molecular complexity index is 815. The van der Waals surface area contributed by atoms with Crippen molar-refractivity contribution in [2.75, 3.05) is 0 Å². The minimum absolute atomic E-state index is 0.608. The third kappa shape index (κ3) is 3.64. The molecule has 118 valence electrons. The second-order valence-electron chi connectivity index (χ2n) is 5.45. The predicted molar refractivity (Wildman–Crippen MR) is 88.7 cm³/mol. The smallest absolute Gasteiger partial charge is 0.166 e. The maximum atomic E-state index is 12.8. The highest BCUT2D eigenvalue weighted by Crippen LogP contribution is 2.35. The van der Waals surface area contributed by atoms with Gasteiger partial charge in [-0.25, -0.2) is 0 Å². The molecule has 0 fully saturated rings. The largest absolute Gasteiger partial charge is 0.416 e. The van der Waals surface area contributed by atoms with E-state index in [1.807, 2.05) is 24.3 Å². The minimum Gasteiger partial charge on any atom is -0.166 e. The lowest BCUT2D eigenvalue weighted by Crippen LogP contribution is -2.04. The molecule has 0 nitrogen and oxygen atoms in total. The van der Waals surface area contributed by atoms with Gasteiger partial charge in [0.15, 0.2) is 0 Å². The van der Waals surface area contributed by atoms with Gasteiger partial charge in [0, 0.05) is 16.2 Å². The van der Waals surface area contributed by atoms with Crippen LogP contribution in [0.25, 0.3) is 10.4 Å². The molecule has 0 aliphatic heterocycles. The average molecular weight is 332 g/mol. The maximum Gasteiger partial charge on any atom is 0.416 e. The van der Waals surface area contributed by atoms with Gasteiger partial charge in [-0.1, -0.05) is 36.4 Å². The molecule has 1 heterocycles. The third-order valence-electron chi connectivity index (χ3n) is 3.76. The standard InChI is InChI=1S/C19H15F3S/c1-13-5-2-3-6-14(13)12-17-9-10-18(23-17)15-7-4-8-16(11-15)19(20,21)22/h2-11H,12H2,1H3. The molecule has 0 aliphatic rings. The number of rotatable bonds is 3. The van der Waals surface area contributed by atoms with E-state index in [-0.39, 0.29) is 0 Å². The molecule has 0 saturated heterocycles. The first-order valence-corrected chi connectivity index (χ1v) is 8.06. The Kier molecular flexibility index (Phi) is 4.26. The quantitative estimate of drug-likeness (QED) is 0.525. The summed E-state index contributed by atoms with van der Waals surface area (Å²) in [4.78, 5) is 2.01. The summed E-state index contributed by atoms with van der Waals surface area (Å²) >= 11 is 1.54. The summed E-state index contributed by atoms with van der Waals surface area (Å²) in [6, 6.07) is 17.5. The van der Waals surface area contributed by atoms with E-state index in [4.69, 9.17) is 0 Å². The fourth-order valence-corrected chi connectivity index (χ4v) is 3.50. The average Bonchev–Trinajstić information content (AvgIpc) is 2.98. The van der Waals surface area contributed by atoms with Gasteiger partial charge < -0.3 is 0 Å². The predicted octanol–water partition coefficient (Wildman–Crippen LogP) is 6.33. The van der Waals surface area contributed by atoms with Crippen molar-refractivity contribution < 1.29 is 13.2 Å². The second-order valence-corrected chi connectivity index (χ2v) is 6.62. The Morgan fingerprint density at radius 2 is 1.70 bits per heavy atom. The molecule has 0 radical (unpaired) electrons. The highest BCUT2D eigenvalue weighted by Gasteiger charge is 2.30. The number of thiophene rings is 1. The Morgan fingerprint density at radius 3 is 2.43 bits per heavy atom. The summed E-state index contributed by atoms with van der Waals surface area (Å²) in [5, 5.41) is 0. The Hall–Kier alpha value is -2.07. The first-order chi connectivity index (χ1) is 10.9. The highest BCUT2D eigenvalue weighted by molar-refractivity contribution is 7.15.